The lowest BCUT2D eigenvalue weighted by atomic mass is 9.99. The maximum atomic E-state index is 12.5. The van der Waals surface area contributed by atoms with Gasteiger partial charge in [0.15, 0.2) is 5.75 Å². The Morgan fingerprint density at radius 3 is 2.51 bits per heavy atom. The van der Waals surface area contributed by atoms with E-state index in [2.05, 4.69) is 19.9 Å². The van der Waals surface area contributed by atoms with Gasteiger partial charge in [-0.3, -0.25) is 0 Å². The van der Waals surface area contributed by atoms with E-state index in [0.29, 0.717) is 12.4 Å². The van der Waals surface area contributed by atoms with Gasteiger partial charge in [0.1, 0.15) is 42.4 Å². The second kappa shape index (κ2) is 11.7. The van der Waals surface area contributed by atoms with Crippen molar-refractivity contribution in [2.24, 2.45) is 0 Å². The van der Waals surface area contributed by atoms with Crippen LogP contribution < -0.4 is 15.1 Å². The highest BCUT2D eigenvalue weighted by Crippen LogP contribution is 2.35. The Labute approximate surface area is 202 Å². The summed E-state index contributed by atoms with van der Waals surface area (Å²) in [5, 5.41) is 49.9. The maximum Gasteiger partial charge on any atom is 0.383 e. The lowest BCUT2D eigenvalue weighted by molar-refractivity contribution is -0.278. The van der Waals surface area contributed by atoms with E-state index in [1.165, 1.54) is 23.3 Å². The van der Waals surface area contributed by atoms with Gasteiger partial charge in [-0.25, -0.2) is 4.79 Å². The fourth-order valence-electron chi connectivity index (χ4n) is 3.59. The van der Waals surface area contributed by atoms with Crippen molar-refractivity contribution >= 4 is 11.0 Å². The topological polar surface area (TPSA) is 159 Å². The third-order valence-electron chi connectivity index (χ3n) is 5.67. The van der Waals surface area contributed by atoms with Gasteiger partial charge in [0, 0.05) is 6.07 Å². The third-order valence-corrected chi connectivity index (χ3v) is 5.67. The highest BCUT2D eigenvalue weighted by molar-refractivity contribution is 5.86. The molecule has 0 spiro atoms. The Kier molecular flexibility index (Phi) is 8.92. The molecular formula is C25H32O10. The summed E-state index contributed by atoms with van der Waals surface area (Å²) in [7, 11) is 0. The number of hydrogen-bond acceptors (Lipinski definition) is 10. The number of ether oxygens (including phenoxy) is 3. The largest absolute Gasteiger partial charge is 0.504 e. The number of aliphatic hydroxyl groups excluding tert-OH is 4. The SMILES string of the molecule is CC(C)=CCC/C(C)=C/COc1ccc2c(O)c(O[C@@H]3O[C@H](CO)[C@@H](O)[C@H](O)[C@@H]3O)c(=O)oc2c1. The summed E-state index contributed by atoms with van der Waals surface area (Å²) in [6.45, 7) is 5.79. The first-order chi connectivity index (χ1) is 16.6. The van der Waals surface area contributed by atoms with Crippen LogP contribution in [0.4, 0.5) is 0 Å². The van der Waals surface area contributed by atoms with E-state index in [0.717, 1.165) is 12.8 Å². The van der Waals surface area contributed by atoms with Gasteiger partial charge < -0.3 is 44.2 Å². The molecule has 35 heavy (non-hydrogen) atoms. The van der Waals surface area contributed by atoms with Crippen molar-refractivity contribution in [3.05, 3.63) is 51.9 Å². The summed E-state index contributed by atoms with van der Waals surface area (Å²) in [6.07, 6.45) is -1.92. The van der Waals surface area contributed by atoms with Gasteiger partial charge in [0.05, 0.1) is 12.0 Å². The maximum absolute atomic E-state index is 12.5. The number of hydrogen-bond donors (Lipinski definition) is 5. The number of aliphatic hydroxyl groups is 4. The Morgan fingerprint density at radius 1 is 1.09 bits per heavy atom. The van der Waals surface area contributed by atoms with Crippen LogP contribution in [-0.2, 0) is 4.74 Å². The van der Waals surface area contributed by atoms with Crippen LogP contribution >= 0.6 is 0 Å². The fraction of sp³-hybridized carbons (Fsp3) is 0.480. The van der Waals surface area contributed by atoms with E-state index >= 15 is 0 Å². The van der Waals surface area contributed by atoms with E-state index in [1.54, 1.807) is 6.07 Å². The zero-order valence-electron chi connectivity index (χ0n) is 19.9. The quantitative estimate of drug-likeness (QED) is 0.258. The predicted molar refractivity (Wildman–Crippen MR) is 126 cm³/mol. The smallest absolute Gasteiger partial charge is 0.383 e. The average Bonchev–Trinajstić information content (AvgIpc) is 2.81. The molecule has 0 bridgehead atoms. The van der Waals surface area contributed by atoms with Crippen molar-refractivity contribution in [3.63, 3.8) is 0 Å². The van der Waals surface area contributed by atoms with Crippen LogP contribution in [0.3, 0.4) is 0 Å². The molecule has 1 fully saturated rings. The Bertz CT molecular complexity index is 1130. The lowest BCUT2D eigenvalue weighted by Crippen LogP contribution is -2.60. The minimum Gasteiger partial charge on any atom is -0.504 e. The number of rotatable bonds is 9. The van der Waals surface area contributed by atoms with Crippen molar-refractivity contribution in [3.8, 4) is 17.2 Å². The molecule has 0 radical (unpaired) electrons. The molecule has 0 saturated carbocycles. The third kappa shape index (κ3) is 6.41. The van der Waals surface area contributed by atoms with Crippen LogP contribution in [0.15, 0.2) is 50.7 Å². The minimum absolute atomic E-state index is 0.0513. The van der Waals surface area contributed by atoms with Gasteiger partial charge in [-0.05, 0) is 51.8 Å². The second-order valence-electron chi connectivity index (χ2n) is 8.72. The van der Waals surface area contributed by atoms with E-state index in [4.69, 9.17) is 18.6 Å². The molecule has 10 heteroatoms. The monoisotopic (exact) mass is 492 g/mol. The molecule has 0 unspecified atom stereocenters. The molecule has 1 aromatic heterocycles. The molecule has 0 amide bonds. The zero-order valence-corrected chi connectivity index (χ0v) is 19.9. The van der Waals surface area contributed by atoms with Crippen LogP contribution in [-0.4, -0.2) is 69.5 Å². The Morgan fingerprint density at radius 2 is 1.83 bits per heavy atom. The molecular weight excluding hydrogens is 460 g/mol. The van der Waals surface area contributed by atoms with Crippen molar-refractivity contribution in [2.75, 3.05) is 13.2 Å². The highest BCUT2D eigenvalue weighted by atomic mass is 16.7. The molecule has 1 saturated heterocycles. The second-order valence-corrected chi connectivity index (χ2v) is 8.72. The van der Waals surface area contributed by atoms with Crippen LogP contribution in [0.5, 0.6) is 17.2 Å². The summed E-state index contributed by atoms with van der Waals surface area (Å²) >= 11 is 0. The predicted octanol–water partition coefficient (Wildman–Crippen LogP) is 1.75. The average molecular weight is 493 g/mol. The van der Waals surface area contributed by atoms with E-state index < -0.39 is 54.4 Å². The number of fused-ring (bicyclic) bond motifs is 1. The molecule has 1 aliphatic heterocycles. The molecule has 1 aliphatic rings. The van der Waals surface area contributed by atoms with E-state index in [9.17, 15) is 30.3 Å². The molecule has 2 aromatic rings. The molecule has 192 valence electrons. The summed E-state index contributed by atoms with van der Waals surface area (Å²) in [4.78, 5) is 12.5. The molecule has 3 rings (SSSR count). The van der Waals surface area contributed by atoms with Gasteiger partial charge in [-0.15, -0.1) is 0 Å². The lowest BCUT2D eigenvalue weighted by Gasteiger charge is -2.39. The van der Waals surface area contributed by atoms with E-state index in [-0.39, 0.29) is 11.0 Å². The van der Waals surface area contributed by atoms with Gasteiger partial charge in [-0.1, -0.05) is 17.2 Å². The van der Waals surface area contributed by atoms with Gasteiger partial charge in [0.2, 0.25) is 6.29 Å². The Hall–Kier alpha value is -2.89. The number of aromatic hydroxyl groups is 1. The summed E-state index contributed by atoms with van der Waals surface area (Å²) in [6, 6.07) is 4.53. The van der Waals surface area contributed by atoms with E-state index in [1.807, 2.05) is 13.0 Å². The van der Waals surface area contributed by atoms with Crippen molar-refractivity contribution in [1.29, 1.82) is 0 Å². The minimum atomic E-state index is -1.75. The first-order valence-corrected chi connectivity index (χ1v) is 11.3. The molecule has 1 aromatic carbocycles. The summed E-state index contributed by atoms with van der Waals surface area (Å²) < 4.78 is 21.5. The fourth-order valence-corrected chi connectivity index (χ4v) is 3.59. The molecule has 2 heterocycles. The van der Waals surface area contributed by atoms with Crippen LogP contribution in [0.25, 0.3) is 11.0 Å². The van der Waals surface area contributed by atoms with Crippen LogP contribution in [0, 0.1) is 0 Å². The zero-order chi connectivity index (χ0) is 25.7. The van der Waals surface area contributed by atoms with Gasteiger partial charge in [-0.2, -0.15) is 0 Å². The van der Waals surface area contributed by atoms with Crippen molar-refractivity contribution < 1.29 is 44.2 Å². The van der Waals surface area contributed by atoms with Gasteiger partial charge in [0.25, 0.3) is 5.75 Å². The molecule has 5 N–H and O–H groups in total. The summed E-state index contributed by atoms with van der Waals surface area (Å²) in [5.41, 5.74) is 1.45. The Balaban J connectivity index is 1.74. The normalized spacial score (nSPS) is 24.9. The first-order valence-electron chi connectivity index (χ1n) is 11.3. The van der Waals surface area contributed by atoms with Crippen molar-refractivity contribution in [1.82, 2.24) is 0 Å². The summed E-state index contributed by atoms with van der Waals surface area (Å²) in [5.74, 6) is -0.781. The molecule has 10 nitrogen and oxygen atoms in total. The highest BCUT2D eigenvalue weighted by Gasteiger charge is 2.45. The molecule has 5 atom stereocenters. The number of benzene rings is 1. The number of allylic oxidation sites excluding steroid dienone is 3. The van der Waals surface area contributed by atoms with Crippen LogP contribution in [0.1, 0.15) is 33.6 Å². The standard InChI is InChI=1S/C25H32O10/c1-13(2)5-4-6-14(3)9-10-32-15-7-8-16-17(11-15)33-24(31)23(19(16)27)35-25-22(30)21(29)20(28)18(12-26)34-25/h5,7-9,11,18,20-22,25-30H,4,6,10,12H2,1-3H3/b14-9+/t18-,20-,21+,22+,25+/m1/s1. The van der Waals surface area contributed by atoms with Gasteiger partial charge >= 0.3 is 5.63 Å². The first kappa shape index (κ1) is 26.7. The van der Waals surface area contributed by atoms with Crippen molar-refractivity contribution in [2.45, 2.75) is 64.3 Å². The molecule has 0 aliphatic carbocycles. The van der Waals surface area contributed by atoms with Crippen LogP contribution in [0.2, 0.25) is 0 Å².